The molecule has 0 amide bonds. The molecule has 0 aliphatic heterocycles. The summed E-state index contributed by atoms with van der Waals surface area (Å²) in [6, 6.07) is 1.69. The van der Waals surface area contributed by atoms with Crippen molar-refractivity contribution in [1.29, 1.82) is 5.41 Å². The molecule has 1 rings (SSSR count). The molecule has 0 saturated heterocycles. The first-order valence-electron chi connectivity index (χ1n) is 3.66. The maximum absolute atomic E-state index is 7.15. The molecule has 64 valence electrons. The fourth-order valence-corrected chi connectivity index (χ4v) is 0.812. The van der Waals surface area contributed by atoms with E-state index >= 15 is 0 Å². The van der Waals surface area contributed by atoms with Crippen LogP contribution in [0.5, 0.6) is 5.75 Å². The van der Waals surface area contributed by atoms with E-state index in [9.17, 15) is 0 Å². The van der Waals surface area contributed by atoms with E-state index in [0.717, 1.165) is 0 Å². The smallest absolute Gasteiger partial charge is 0.138 e. The maximum atomic E-state index is 7.15. The van der Waals surface area contributed by atoms with Gasteiger partial charge in [0.05, 0.1) is 12.8 Å². The second kappa shape index (κ2) is 3.71. The van der Waals surface area contributed by atoms with Crippen LogP contribution in [-0.2, 0) is 0 Å². The lowest BCUT2D eigenvalue weighted by Gasteiger charge is -2.03. The highest BCUT2D eigenvalue weighted by molar-refractivity contribution is 5.94. The van der Waals surface area contributed by atoms with Crippen molar-refractivity contribution >= 4 is 5.84 Å². The molecule has 4 heteroatoms. The highest BCUT2D eigenvalue weighted by Crippen LogP contribution is 2.09. The van der Waals surface area contributed by atoms with Crippen LogP contribution in [0, 0.1) is 5.41 Å². The van der Waals surface area contributed by atoms with Crippen molar-refractivity contribution in [2.45, 2.75) is 6.92 Å². The number of aromatic nitrogens is 1. The molecule has 0 saturated carbocycles. The second-order valence-corrected chi connectivity index (χ2v) is 2.26. The molecule has 0 unspecified atom stereocenters. The van der Waals surface area contributed by atoms with Crippen LogP contribution in [0.15, 0.2) is 18.5 Å². The van der Waals surface area contributed by atoms with Crippen LogP contribution >= 0.6 is 0 Å². The molecule has 4 nitrogen and oxygen atoms in total. The van der Waals surface area contributed by atoms with Gasteiger partial charge < -0.3 is 10.5 Å². The Hall–Kier alpha value is -1.58. The number of pyridine rings is 1. The molecule has 0 aliphatic rings. The van der Waals surface area contributed by atoms with Crippen LogP contribution < -0.4 is 10.5 Å². The zero-order valence-electron chi connectivity index (χ0n) is 6.87. The predicted molar refractivity (Wildman–Crippen MR) is 46.4 cm³/mol. The van der Waals surface area contributed by atoms with E-state index in [0.29, 0.717) is 17.9 Å². The molecule has 1 aromatic rings. The van der Waals surface area contributed by atoms with Crippen LogP contribution in [0.2, 0.25) is 0 Å². The Morgan fingerprint density at radius 1 is 1.67 bits per heavy atom. The van der Waals surface area contributed by atoms with Crippen LogP contribution in [-0.4, -0.2) is 17.4 Å². The number of nitrogens with two attached hydrogens (primary N) is 1. The van der Waals surface area contributed by atoms with Gasteiger partial charge in [0, 0.05) is 11.8 Å². The fraction of sp³-hybridized carbons (Fsp3) is 0.250. The van der Waals surface area contributed by atoms with Gasteiger partial charge in [-0.05, 0) is 13.0 Å². The van der Waals surface area contributed by atoms with Gasteiger partial charge in [-0.1, -0.05) is 0 Å². The Balaban J connectivity index is 2.88. The Morgan fingerprint density at radius 3 is 3.00 bits per heavy atom. The zero-order chi connectivity index (χ0) is 8.97. The van der Waals surface area contributed by atoms with Crippen LogP contribution in [0.1, 0.15) is 12.5 Å². The highest BCUT2D eigenvalue weighted by Gasteiger charge is 1.98. The van der Waals surface area contributed by atoms with Gasteiger partial charge in [-0.25, -0.2) is 0 Å². The number of rotatable bonds is 3. The van der Waals surface area contributed by atoms with E-state index in [2.05, 4.69) is 4.98 Å². The van der Waals surface area contributed by atoms with Crippen LogP contribution in [0.25, 0.3) is 0 Å². The molecule has 12 heavy (non-hydrogen) atoms. The third-order valence-electron chi connectivity index (χ3n) is 1.34. The minimum Gasteiger partial charge on any atom is -0.492 e. The summed E-state index contributed by atoms with van der Waals surface area (Å²) in [6.45, 7) is 2.48. The summed E-state index contributed by atoms with van der Waals surface area (Å²) in [5.74, 6) is 0.647. The van der Waals surface area contributed by atoms with Crippen molar-refractivity contribution in [3.8, 4) is 5.75 Å². The molecule has 0 aliphatic carbocycles. The monoisotopic (exact) mass is 165 g/mol. The number of ether oxygens (including phenoxy) is 1. The third-order valence-corrected chi connectivity index (χ3v) is 1.34. The van der Waals surface area contributed by atoms with Gasteiger partial charge in [-0.15, -0.1) is 0 Å². The summed E-state index contributed by atoms with van der Waals surface area (Å²) in [6.07, 6.45) is 3.13. The molecule has 1 heterocycles. The molecule has 0 radical (unpaired) electrons. The van der Waals surface area contributed by atoms with Gasteiger partial charge >= 0.3 is 0 Å². The Morgan fingerprint density at radius 2 is 2.42 bits per heavy atom. The predicted octanol–water partition coefficient (Wildman–Crippen LogP) is 0.764. The summed E-state index contributed by atoms with van der Waals surface area (Å²) in [4.78, 5) is 3.88. The fourth-order valence-electron chi connectivity index (χ4n) is 0.812. The first-order valence-corrected chi connectivity index (χ1v) is 3.66. The minimum absolute atomic E-state index is 0.00375. The summed E-state index contributed by atoms with van der Waals surface area (Å²) < 4.78 is 5.18. The summed E-state index contributed by atoms with van der Waals surface area (Å²) in [5, 5.41) is 7.15. The van der Waals surface area contributed by atoms with Crippen molar-refractivity contribution in [3.63, 3.8) is 0 Å². The number of nitrogens with one attached hydrogen (secondary N) is 1. The van der Waals surface area contributed by atoms with Crippen LogP contribution in [0.3, 0.4) is 0 Å². The lowest BCUT2D eigenvalue weighted by molar-refractivity contribution is 0.339. The van der Waals surface area contributed by atoms with E-state index in [1.165, 1.54) is 6.20 Å². The highest BCUT2D eigenvalue weighted by atomic mass is 16.5. The Labute approximate surface area is 70.9 Å². The van der Waals surface area contributed by atoms with Gasteiger partial charge in [0.2, 0.25) is 0 Å². The Bertz CT molecular complexity index is 285. The molecule has 1 aromatic heterocycles. The number of hydrogen-bond acceptors (Lipinski definition) is 3. The van der Waals surface area contributed by atoms with Crippen molar-refractivity contribution in [3.05, 3.63) is 24.0 Å². The van der Waals surface area contributed by atoms with Gasteiger partial charge in [-0.2, -0.15) is 0 Å². The first kappa shape index (κ1) is 8.52. The van der Waals surface area contributed by atoms with Crippen molar-refractivity contribution in [1.82, 2.24) is 4.98 Å². The molecule has 0 aromatic carbocycles. The van der Waals surface area contributed by atoms with E-state index in [4.69, 9.17) is 15.9 Å². The number of hydrogen-bond donors (Lipinski definition) is 2. The van der Waals surface area contributed by atoms with E-state index in [-0.39, 0.29) is 5.84 Å². The largest absolute Gasteiger partial charge is 0.492 e. The molecule has 3 N–H and O–H groups in total. The summed E-state index contributed by atoms with van der Waals surface area (Å²) >= 11 is 0. The van der Waals surface area contributed by atoms with Gasteiger partial charge in [0.25, 0.3) is 0 Å². The summed E-state index contributed by atoms with van der Waals surface area (Å²) in [7, 11) is 0. The molecular formula is C8H11N3O. The van der Waals surface area contributed by atoms with Crippen molar-refractivity contribution in [2.75, 3.05) is 6.61 Å². The number of amidine groups is 1. The normalized spacial score (nSPS) is 9.42. The topological polar surface area (TPSA) is 72.0 Å². The van der Waals surface area contributed by atoms with Crippen molar-refractivity contribution < 1.29 is 4.74 Å². The lowest BCUT2D eigenvalue weighted by Crippen LogP contribution is -2.11. The SMILES string of the molecule is CCOc1cncc(C(=N)N)c1. The van der Waals surface area contributed by atoms with Gasteiger partial charge in [-0.3, -0.25) is 10.4 Å². The molecule has 0 bridgehead atoms. The lowest BCUT2D eigenvalue weighted by atomic mass is 10.2. The van der Waals surface area contributed by atoms with E-state index in [1.54, 1.807) is 12.3 Å². The van der Waals surface area contributed by atoms with Gasteiger partial charge in [0.15, 0.2) is 0 Å². The molecule has 0 spiro atoms. The van der Waals surface area contributed by atoms with E-state index < -0.39 is 0 Å². The van der Waals surface area contributed by atoms with Gasteiger partial charge in [0.1, 0.15) is 11.6 Å². The average Bonchev–Trinajstić information content (AvgIpc) is 2.05. The average molecular weight is 165 g/mol. The first-order chi connectivity index (χ1) is 5.74. The number of nitrogens with zero attached hydrogens (tertiary/aromatic N) is 1. The molecule has 0 fully saturated rings. The van der Waals surface area contributed by atoms with Crippen LogP contribution in [0.4, 0.5) is 0 Å². The Kier molecular flexibility index (Phi) is 2.63. The quantitative estimate of drug-likeness (QED) is 0.513. The maximum Gasteiger partial charge on any atom is 0.138 e. The molecular weight excluding hydrogens is 154 g/mol. The number of nitrogen functional groups attached to an aromatic ring is 1. The zero-order valence-corrected chi connectivity index (χ0v) is 6.87. The van der Waals surface area contributed by atoms with Crippen molar-refractivity contribution in [2.24, 2.45) is 5.73 Å². The molecule has 0 atom stereocenters. The minimum atomic E-state index is 0.00375. The third kappa shape index (κ3) is 1.95. The standard InChI is InChI=1S/C8H11N3O/c1-2-12-7-3-6(8(9)10)4-11-5-7/h3-5H,2H2,1H3,(H3,9,10). The van der Waals surface area contributed by atoms with E-state index in [1.807, 2.05) is 6.92 Å². The second-order valence-electron chi connectivity index (χ2n) is 2.26. The summed E-state index contributed by atoms with van der Waals surface area (Å²) in [5.41, 5.74) is 5.85.